The van der Waals surface area contributed by atoms with Crippen molar-refractivity contribution in [3.8, 4) is 11.4 Å². The van der Waals surface area contributed by atoms with E-state index in [0.29, 0.717) is 6.20 Å². The molecule has 0 radical (unpaired) electrons. The van der Waals surface area contributed by atoms with Crippen LogP contribution in [0.4, 0.5) is 23.5 Å². The first kappa shape index (κ1) is 24.3. The molecule has 1 saturated heterocycles. The first-order chi connectivity index (χ1) is 14.6. The van der Waals surface area contributed by atoms with E-state index in [1.54, 1.807) is 13.8 Å². The third-order valence-corrected chi connectivity index (χ3v) is 6.10. The Morgan fingerprint density at radius 3 is 2.53 bits per heavy atom. The molecule has 2 atom stereocenters. The number of piperidine rings is 1. The zero-order valence-corrected chi connectivity index (χ0v) is 18.5. The SMILES string of the molecule is CC(C)(O)Cn1cnc(-c2nc(N[C@@H]3CCN(S(C)(=O)=O)C[C@H]3F)ncc2C(F)(F)F)c1. The summed E-state index contributed by atoms with van der Waals surface area (Å²) in [6, 6.07) is -0.870. The number of halogens is 4. The fourth-order valence-electron chi connectivity index (χ4n) is 3.38. The van der Waals surface area contributed by atoms with Crippen LogP contribution in [0.1, 0.15) is 25.8 Å². The lowest BCUT2D eigenvalue weighted by Crippen LogP contribution is -2.49. The normalized spacial score (nSPS) is 21.0. The van der Waals surface area contributed by atoms with E-state index < -0.39 is 45.3 Å². The highest BCUT2D eigenvalue weighted by molar-refractivity contribution is 7.88. The molecule has 3 rings (SSSR count). The van der Waals surface area contributed by atoms with Gasteiger partial charge in [0.1, 0.15) is 23.1 Å². The molecule has 1 aliphatic heterocycles. The highest BCUT2D eigenvalue weighted by atomic mass is 32.2. The minimum atomic E-state index is -4.75. The van der Waals surface area contributed by atoms with Crippen LogP contribution >= 0.6 is 0 Å². The van der Waals surface area contributed by atoms with E-state index in [2.05, 4.69) is 20.3 Å². The van der Waals surface area contributed by atoms with Crippen LogP contribution < -0.4 is 5.32 Å². The summed E-state index contributed by atoms with van der Waals surface area (Å²) in [5.41, 5.74) is -2.80. The molecule has 32 heavy (non-hydrogen) atoms. The van der Waals surface area contributed by atoms with Crippen LogP contribution in [0, 0.1) is 0 Å². The Morgan fingerprint density at radius 2 is 1.97 bits per heavy atom. The second kappa shape index (κ2) is 8.56. The second-order valence-electron chi connectivity index (χ2n) is 8.37. The van der Waals surface area contributed by atoms with Gasteiger partial charge >= 0.3 is 6.18 Å². The number of nitrogens with one attached hydrogen (secondary N) is 1. The molecule has 2 N–H and O–H groups in total. The molecular formula is C18H24F4N6O3S. The standard InChI is InChI=1S/C18H24F4N6O3S/c1-17(2,29)9-27-8-14(24-10-27)15-11(18(20,21)22)6-23-16(26-15)25-13-4-5-28(7-12(13)19)32(3,30)31/h6,8,10,12-13,29H,4-5,7,9H2,1-3H3,(H,23,25,26)/t12-,13-/m1/s1. The topological polar surface area (TPSA) is 113 Å². The number of aliphatic hydroxyl groups is 1. The number of alkyl halides is 4. The summed E-state index contributed by atoms with van der Waals surface area (Å²) in [5.74, 6) is -0.231. The van der Waals surface area contributed by atoms with Gasteiger partial charge in [0.15, 0.2) is 0 Å². The average Bonchev–Trinajstić information content (AvgIpc) is 3.08. The van der Waals surface area contributed by atoms with Crippen LogP contribution in [-0.4, -0.2) is 74.5 Å². The highest BCUT2D eigenvalue weighted by Gasteiger charge is 2.37. The van der Waals surface area contributed by atoms with E-state index >= 15 is 0 Å². The number of imidazole rings is 1. The maximum Gasteiger partial charge on any atom is 0.420 e. The quantitative estimate of drug-likeness (QED) is 0.608. The van der Waals surface area contributed by atoms with Crippen LogP contribution in [-0.2, 0) is 22.7 Å². The fourth-order valence-corrected chi connectivity index (χ4v) is 4.23. The number of anilines is 1. The summed E-state index contributed by atoms with van der Waals surface area (Å²) in [6.07, 6.45) is -2.08. The first-order valence-corrected chi connectivity index (χ1v) is 11.5. The molecule has 0 amide bonds. The maximum atomic E-state index is 14.5. The summed E-state index contributed by atoms with van der Waals surface area (Å²) in [5, 5.41) is 12.6. The van der Waals surface area contributed by atoms with Crippen molar-refractivity contribution in [2.24, 2.45) is 0 Å². The molecule has 0 spiro atoms. The van der Waals surface area contributed by atoms with Gasteiger partial charge in [-0.1, -0.05) is 0 Å². The lowest BCUT2D eigenvalue weighted by atomic mass is 10.1. The predicted octanol–water partition coefficient (Wildman–Crippen LogP) is 1.91. The zero-order chi connectivity index (χ0) is 23.9. The number of rotatable bonds is 6. The first-order valence-electron chi connectivity index (χ1n) is 9.68. The molecule has 0 saturated carbocycles. The van der Waals surface area contributed by atoms with E-state index in [4.69, 9.17) is 0 Å². The molecule has 1 fully saturated rings. The molecule has 2 aromatic heterocycles. The molecule has 0 unspecified atom stereocenters. The number of hydrogen-bond donors (Lipinski definition) is 2. The molecule has 3 heterocycles. The van der Waals surface area contributed by atoms with Crippen LogP contribution in [0.3, 0.4) is 0 Å². The number of hydrogen-bond acceptors (Lipinski definition) is 7. The smallest absolute Gasteiger partial charge is 0.389 e. The fraction of sp³-hybridized carbons (Fsp3) is 0.611. The van der Waals surface area contributed by atoms with Crippen molar-refractivity contribution in [3.05, 3.63) is 24.3 Å². The van der Waals surface area contributed by atoms with Gasteiger partial charge < -0.3 is 15.0 Å². The Bertz CT molecular complexity index is 1070. The van der Waals surface area contributed by atoms with Gasteiger partial charge in [-0.25, -0.2) is 27.8 Å². The van der Waals surface area contributed by atoms with Crippen molar-refractivity contribution in [2.45, 2.75) is 50.8 Å². The molecular weight excluding hydrogens is 456 g/mol. The Hall–Kier alpha value is -2.32. The lowest BCUT2D eigenvalue weighted by Gasteiger charge is -2.33. The Labute approximate surface area is 182 Å². The molecule has 0 aliphatic carbocycles. The van der Waals surface area contributed by atoms with Crippen molar-refractivity contribution in [1.82, 2.24) is 23.8 Å². The van der Waals surface area contributed by atoms with E-state index in [9.17, 15) is 31.1 Å². The van der Waals surface area contributed by atoms with E-state index in [-0.39, 0.29) is 37.7 Å². The van der Waals surface area contributed by atoms with E-state index in [1.807, 2.05) is 0 Å². The third-order valence-electron chi connectivity index (χ3n) is 4.83. The summed E-state index contributed by atoms with van der Waals surface area (Å²) in [4.78, 5) is 11.6. The Morgan fingerprint density at radius 1 is 1.28 bits per heavy atom. The van der Waals surface area contributed by atoms with Crippen molar-refractivity contribution < 1.29 is 31.1 Å². The van der Waals surface area contributed by atoms with Crippen LogP contribution in [0.2, 0.25) is 0 Å². The van der Waals surface area contributed by atoms with Crippen LogP contribution in [0.15, 0.2) is 18.7 Å². The van der Waals surface area contributed by atoms with Gasteiger partial charge in [-0.15, -0.1) is 0 Å². The van der Waals surface area contributed by atoms with Gasteiger partial charge in [0.05, 0.1) is 30.8 Å². The van der Waals surface area contributed by atoms with E-state index in [1.165, 1.54) is 17.1 Å². The van der Waals surface area contributed by atoms with Gasteiger partial charge in [-0.05, 0) is 20.3 Å². The minimum absolute atomic E-state index is 0.0613. The minimum Gasteiger partial charge on any atom is -0.389 e. The van der Waals surface area contributed by atoms with Gasteiger partial charge in [0.2, 0.25) is 16.0 Å². The Balaban J connectivity index is 1.87. The van der Waals surface area contributed by atoms with Gasteiger partial charge in [0, 0.05) is 25.5 Å². The van der Waals surface area contributed by atoms with Crippen LogP contribution in [0.25, 0.3) is 11.4 Å². The Kier molecular flexibility index (Phi) is 6.50. The average molecular weight is 480 g/mol. The third kappa shape index (κ3) is 5.92. The summed E-state index contributed by atoms with van der Waals surface area (Å²) < 4.78 is 80.7. The largest absolute Gasteiger partial charge is 0.420 e. The zero-order valence-electron chi connectivity index (χ0n) is 17.6. The molecule has 178 valence electrons. The van der Waals surface area contributed by atoms with Crippen molar-refractivity contribution in [2.75, 3.05) is 24.7 Å². The van der Waals surface area contributed by atoms with Gasteiger partial charge in [-0.2, -0.15) is 17.5 Å². The second-order valence-corrected chi connectivity index (χ2v) is 10.4. The summed E-state index contributed by atoms with van der Waals surface area (Å²) in [7, 11) is -3.55. The van der Waals surface area contributed by atoms with Gasteiger partial charge in [0.25, 0.3) is 0 Å². The summed E-state index contributed by atoms with van der Waals surface area (Å²) >= 11 is 0. The van der Waals surface area contributed by atoms with Crippen LogP contribution in [0.5, 0.6) is 0 Å². The molecule has 2 aromatic rings. The van der Waals surface area contributed by atoms with Crippen molar-refractivity contribution >= 4 is 16.0 Å². The van der Waals surface area contributed by atoms with Gasteiger partial charge in [-0.3, -0.25) is 0 Å². The molecule has 14 heteroatoms. The summed E-state index contributed by atoms with van der Waals surface area (Å²) in [6.45, 7) is 2.88. The van der Waals surface area contributed by atoms with E-state index in [0.717, 1.165) is 10.6 Å². The van der Waals surface area contributed by atoms with Crippen molar-refractivity contribution in [1.29, 1.82) is 0 Å². The number of aromatic nitrogens is 4. The molecule has 1 aliphatic rings. The lowest BCUT2D eigenvalue weighted by molar-refractivity contribution is -0.137. The monoisotopic (exact) mass is 480 g/mol. The number of sulfonamides is 1. The molecule has 9 nitrogen and oxygen atoms in total. The van der Waals surface area contributed by atoms with Crippen molar-refractivity contribution in [3.63, 3.8) is 0 Å². The molecule has 0 bridgehead atoms. The number of nitrogens with zero attached hydrogens (tertiary/aromatic N) is 5. The predicted molar refractivity (Wildman–Crippen MR) is 108 cm³/mol. The maximum absolute atomic E-state index is 14.5. The molecule has 0 aromatic carbocycles. The highest BCUT2D eigenvalue weighted by Crippen LogP contribution is 2.35.